The minimum absolute atomic E-state index is 0.283. The Morgan fingerprint density at radius 1 is 1.30 bits per heavy atom. The smallest absolute Gasteiger partial charge is 0.0944 e. The van der Waals surface area contributed by atoms with Gasteiger partial charge in [-0.2, -0.15) is 0 Å². The largest absolute Gasteiger partial charge is 0.315 e. The van der Waals surface area contributed by atoms with Crippen molar-refractivity contribution in [1.29, 1.82) is 0 Å². The third kappa shape index (κ3) is 3.41. The van der Waals surface area contributed by atoms with Crippen LogP contribution in [0.2, 0.25) is 0 Å². The molecule has 0 saturated heterocycles. The quantitative estimate of drug-likeness (QED) is 0.845. The van der Waals surface area contributed by atoms with Gasteiger partial charge in [0.25, 0.3) is 0 Å². The first kappa shape index (κ1) is 15.9. The van der Waals surface area contributed by atoms with Gasteiger partial charge in [0.05, 0.1) is 5.01 Å². The molecule has 3 nitrogen and oxygen atoms in total. The van der Waals surface area contributed by atoms with E-state index in [1.807, 2.05) is 0 Å². The van der Waals surface area contributed by atoms with Crippen molar-refractivity contribution in [2.45, 2.75) is 63.5 Å². The molecule has 1 heterocycles. The second kappa shape index (κ2) is 7.01. The van der Waals surface area contributed by atoms with Crippen molar-refractivity contribution >= 4 is 11.3 Å². The van der Waals surface area contributed by atoms with Crippen molar-refractivity contribution in [2.75, 3.05) is 21.1 Å². The zero-order chi connectivity index (χ0) is 14.6. The van der Waals surface area contributed by atoms with Gasteiger partial charge in [-0.15, -0.1) is 11.3 Å². The number of aromatic nitrogens is 1. The van der Waals surface area contributed by atoms with Crippen LogP contribution in [0.15, 0.2) is 5.38 Å². The molecule has 1 aliphatic rings. The Balaban J connectivity index is 2.19. The Bertz CT molecular complexity index is 406. The number of aryl methyl sites for hydroxylation is 1. The van der Waals surface area contributed by atoms with E-state index in [0.29, 0.717) is 6.04 Å². The molecular formula is C16H29N3S. The van der Waals surface area contributed by atoms with Gasteiger partial charge < -0.3 is 10.2 Å². The van der Waals surface area contributed by atoms with Crippen LogP contribution in [0.3, 0.4) is 0 Å². The van der Waals surface area contributed by atoms with Crippen molar-refractivity contribution in [3.05, 3.63) is 16.1 Å². The van der Waals surface area contributed by atoms with Crippen molar-refractivity contribution in [3.8, 4) is 0 Å². The maximum Gasteiger partial charge on any atom is 0.0944 e. The second-order valence-corrected chi connectivity index (χ2v) is 7.28. The molecule has 0 bridgehead atoms. The molecule has 1 aliphatic carbocycles. The maximum absolute atomic E-state index is 4.67. The monoisotopic (exact) mass is 295 g/mol. The Morgan fingerprint density at radius 2 is 1.95 bits per heavy atom. The zero-order valence-electron chi connectivity index (χ0n) is 13.4. The number of rotatable bonds is 5. The number of hydrogen-bond donors (Lipinski definition) is 1. The molecule has 1 atom stereocenters. The number of nitrogens with zero attached hydrogens (tertiary/aromatic N) is 2. The molecule has 1 aromatic rings. The molecular weight excluding hydrogens is 266 g/mol. The van der Waals surface area contributed by atoms with Crippen LogP contribution in [0.1, 0.15) is 49.2 Å². The lowest BCUT2D eigenvalue weighted by atomic mass is 9.80. The van der Waals surface area contributed by atoms with E-state index < -0.39 is 0 Å². The van der Waals surface area contributed by atoms with Crippen LogP contribution in [0.25, 0.3) is 0 Å². The third-order valence-corrected chi connectivity index (χ3v) is 5.89. The van der Waals surface area contributed by atoms with Gasteiger partial charge in [0, 0.05) is 29.1 Å². The van der Waals surface area contributed by atoms with Gasteiger partial charge in [0.2, 0.25) is 0 Å². The van der Waals surface area contributed by atoms with Crippen LogP contribution in [0.4, 0.5) is 0 Å². The molecule has 0 aromatic carbocycles. The topological polar surface area (TPSA) is 28.2 Å². The van der Waals surface area contributed by atoms with Crippen LogP contribution in [0.5, 0.6) is 0 Å². The Kier molecular flexibility index (Phi) is 5.58. The Morgan fingerprint density at radius 3 is 2.40 bits per heavy atom. The van der Waals surface area contributed by atoms with E-state index in [2.05, 4.69) is 48.6 Å². The predicted octanol–water partition coefficient (Wildman–Crippen LogP) is 3.24. The summed E-state index contributed by atoms with van der Waals surface area (Å²) in [4.78, 5) is 7.14. The number of nitrogens with one attached hydrogen (secondary N) is 1. The first-order chi connectivity index (χ1) is 9.58. The van der Waals surface area contributed by atoms with E-state index in [9.17, 15) is 0 Å². The molecule has 0 aliphatic heterocycles. The number of hydrogen-bond acceptors (Lipinski definition) is 4. The summed E-state index contributed by atoms with van der Waals surface area (Å²) in [7, 11) is 6.62. The van der Waals surface area contributed by atoms with Crippen molar-refractivity contribution < 1.29 is 0 Å². The van der Waals surface area contributed by atoms with Crippen molar-refractivity contribution in [3.63, 3.8) is 0 Å². The summed E-state index contributed by atoms with van der Waals surface area (Å²) >= 11 is 1.80. The highest BCUT2D eigenvalue weighted by Gasteiger charge is 2.40. The van der Waals surface area contributed by atoms with Gasteiger partial charge in [0.15, 0.2) is 0 Å². The predicted molar refractivity (Wildman–Crippen MR) is 87.5 cm³/mol. The first-order valence-corrected chi connectivity index (χ1v) is 8.72. The number of thiazole rings is 1. The second-order valence-electron chi connectivity index (χ2n) is 6.34. The van der Waals surface area contributed by atoms with Gasteiger partial charge in [-0.1, -0.05) is 25.7 Å². The minimum atomic E-state index is 0.283. The summed E-state index contributed by atoms with van der Waals surface area (Å²) in [5, 5.41) is 7.04. The first-order valence-electron chi connectivity index (χ1n) is 7.84. The van der Waals surface area contributed by atoms with Crippen LogP contribution in [-0.4, -0.2) is 42.6 Å². The molecule has 0 radical (unpaired) electrons. The van der Waals surface area contributed by atoms with Gasteiger partial charge in [-0.05, 0) is 40.9 Å². The minimum Gasteiger partial charge on any atom is -0.315 e. The highest BCUT2D eigenvalue weighted by atomic mass is 32.1. The molecule has 0 amide bonds. The standard InChI is InChI=1S/C16H29N3S/c1-13-12-20-15(18-13)11-14(17-2)16(19(3)4)9-7-5-6-8-10-16/h12,14,17H,5-11H2,1-4H3. The normalized spacial score (nSPS) is 20.9. The fourth-order valence-electron chi connectivity index (χ4n) is 3.68. The third-order valence-electron chi connectivity index (χ3n) is 4.90. The van der Waals surface area contributed by atoms with E-state index in [4.69, 9.17) is 0 Å². The highest BCUT2D eigenvalue weighted by Crippen LogP contribution is 2.35. The lowest BCUT2D eigenvalue weighted by molar-refractivity contribution is 0.0835. The summed E-state index contributed by atoms with van der Waals surface area (Å²) in [6.45, 7) is 2.09. The SMILES string of the molecule is CNC(Cc1nc(C)cs1)C1(N(C)C)CCCCCC1. The van der Waals surface area contributed by atoms with Gasteiger partial charge >= 0.3 is 0 Å². The summed E-state index contributed by atoms with van der Waals surface area (Å²) in [6, 6.07) is 0.487. The van der Waals surface area contributed by atoms with E-state index in [1.54, 1.807) is 11.3 Å². The van der Waals surface area contributed by atoms with Gasteiger partial charge in [-0.3, -0.25) is 0 Å². The Hall–Kier alpha value is -0.450. The van der Waals surface area contributed by atoms with E-state index >= 15 is 0 Å². The zero-order valence-corrected chi connectivity index (χ0v) is 14.2. The van der Waals surface area contributed by atoms with Crippen molar-refractivity contribution in [1.82, 2.24) is 15.2 Å². The molecule has 2 rings (SSSR count). The summed E-state index contributed by atoms with van der Waals surface area (Å²) in [5.74, 6) is 0. The fourth-order valence-corrected chi connectivity index (χ4v) is 4.50. The summed E-state index contributed by atoms with van der Waals surface area (Å²) in [6.07, 6.45) is 9.14. The molecule has 1 N–H and O–H groups in total. The van der Waals surface area contributed by atoms with E-state index in [0.717, 1.165) is 12.1 Å². The van der Waals surface area contributed by atoms with E-state index in [1.165, 1.54) is 43.5 Å². The summed E-state index contributed by atoms with van der Waals surface area (Å²) < 4.78 is 0. The Labute approximate surface area is 127 Å². The molecule has 1 saturated carbocycles. The molecule has 1 aromatic heterocycles. The lowest BCUT2D eigenvalue weighted by Crippen LogP contribution is -2.59. The molecule has 20 heavy (non-hydrogen) atoms. The maximum atomic E-state index is 4.67. The lowest BCUT2D eigenvalue weighted by Gasteiger charge is -2.45. The summed E-state index contributed by atoms with van der Waals surface area (Å²) in [5.41, 5.74) is 1.43. The molecule has 1 fully saturated rings. The van der Waals surface area contributed by atoms with Crippen molar-refractivity contribution in [2.24, 2.45) is 0 Å². The van der Waals surface area contributed by atoms with Crippen LogP contribution < -0.4 is 5.32 Å². The van der Waals surface area contributed by atoms with Crippen LogP contribution in [0, 0.1) is 6.92 Å². The highest BCUT2D eigenvalue weighted by molar-refractivity contribution is 7.09. The molecule has 114 valence electrons. The molecule has 1 unspecified atom stereocenters. The van der Waals surface area contributed by atoms with Gasteiger partial charge in [0.1, 0.15) is 0 Å². The van der Waals surface area contributed by atoms with Crippen LogP contribution in [-0.2, 0) is 6.42 Å². The average Bonchev–Trinajstić information content (AvgIpc) is 2.68. The van der Waals surface area contributed by atoms with Crippen LogP contribution >= 0.6 is 11.3 Å². The molecule has 0 spiro atoms. The average molecular weight is 295 g/mol. The molecule has 4 heteroatoms. The van der Waals surface area contributed by atoms with E-state index in [-0.39, 0.29) is 5.54 Å². The number of likely N-dealkylation sites (N-methyl/N-ethyl adjacent to an activating group) is 2. The fraction of sp³-hybridized carbons (Fsp3) is 0.812. The van der Waals surface area contributed by atoms with Gasteiger partial charge in [-0.25, -0.2) is 4.98 Å².